The van der Waals surface area contributed by atoms with Gasteiger partial charge in [-0.1, -0.05) is 5.21 Å². The van der Waals surface area contributed by atoms with Crippen molar-refractivity contribution >= 4 is 17.1 Å². The molecule has 0 bridgehead atoms. The largest absolute Gasteiger partial charge is 0.497 e. The van der Waals surface area contributed by atoms with E-state index in [1.807, 2.05) is 24.3 Å². The maximum Gasteiger partial charge on any atom is 0.225 e. The molecule has 0 saturated carbocycles. The lowest BCUT2D eigenvalue weighted by atomic mass is 10.3. The van der Waals surface area contributed by atoms with Gasteiger partial charge in [0.2, 0.25) is 5.95 Å². The first-order valence-corrected chi connectivity index (χ1v) is 7.53. The van der Waals surface area contributed by atoms with Gasteiger partial charge in [0.1, 0.15) is 5.75 Å². The Bertz CT molecular complexity index is 808. The summed E-state index contributed by atoms with van der Waals surface area (Å²) in [7, 11) is 1.64. The van der Waals surface area contributed by atoms with Crippen LogP contribution in [0.5, 0.6) is 5.75 Å². The summed E-state index contributed by atoms with van der Waals surface area (Å²) in [6.07, 6.45) is 2.76. The summed E-state index contributed by atoms with van der Waals surface area (Å²) >= 11 is 0. The number of hydrogen-bond donors (Lipinski definition) is 2. The van der Waals surface area contributed by atoms with Crippen molar-refractivity contribution < 1.29 is 4.74 Å². The van der Waals surface area contributed by atoms with Crippen molar-refractivity contribution in [2.75, 3.05) is 25.5 Å². The summed E-state index contributed by atoms with van der Waals surface area (Å²) in [4.78, 5) is 8.89. The third-order valence-electron chi connectivity index (χ3n) is 3.90. The molecule has 3 aromatic rings. The summed E-state index contributed by atoms with van der Waals surface area (Å²) in [6.45, 7) is 1.95. The summed E-state index contributed by atoms with van der Waals surface area (Å²) in [5, 5.41) is 15.0. The predicted molar refractivity (Wildman–Crippen MR) is 85.9 cm³/mol. The average Bonchev–Trinajstić information content (AvgIpc) is 3.24. The number of nitrogens with one attached hydrogen (secondary N) is 2. The second kappa shape index (κ2) is 5.81. The molecule has 0 aliphatic carbocycles. The van der Waals surface area contributed by atoms with Gasteiger partial charge in [0.05, 0.1) is 19.0 Å². The predicted octanol–water partition coefficient (Wildman–Crippen LogP) is 0.993. The molecule has 8 heteroatoms. The molecule has 1 atom stereocenters. The molecule has 23 heavy (non-hydrogen) atoms. The molecule has 1 aliphatic heterocycles. The quantitative estimate of drug-likeness (QED) is 0.742. The third kappa shape index (κ3) is 2.68. The fraction of sp³-hybridized carbons (Fsp3) is 0.333. The van der Waals surface area contributed by atoms with Crippen molar-refractivity contribution in [2.24, 2.45) is 0 Å². The summed E-state index contributed by atoms with van der Waals surface area (Å²) in [5.41, 5.74) is 2.22. The second-order valence-electron chi connectivity index (χ2n) is 5.44. The molecule has 0 radical (unpaired) electrons. The second-order valence-corrected chi connectivity index (χ2v) is 5.44. The number of ether oxygens (including phenoxy) is 1. The van der Waals surface area contributed by atoms with Crippen LogP contribution in [0.4, 0.5) is 5.95 Å². The minimum Gasteiger partial charge on any atom is -0.497 e. The van der Waals surface area contributed by atoms with Crippen LogP contribution in [0.25, 0.3) is 16.9 Å². The first kappa shape index (κ1) is 13.9. The molecule has 1 unspecified atom stereocenters. The van der Waals surface area contributed by atoms with Gasteiger partial charge in [-0.2, -0.15) is 9.67 Å². The monoisotopic (exact) mass is 311 g/mol. The van der Waals surface area contributed by atoms with E-state index in [1.54, 1.807) is 18.0 Å². The van der Waals surface area contributed by atoms with Crippen molar-refractivity contribution in [1.82, 2.24) is 30.3 Å². The Morgan fingerprint density at radius 1 is 1.30 bits per heavy atom. The van der Waals surface area contributed by atoms with E-state index in [2.05, 4.69) is 30.9 Å². The van der Waals surface area contributed by atoms with Gasteiger partial charge >= 0.3 is 0 Å². The van der Waals surface area contributed by atoms with Crippen molar-refractivity contribution in [1.29, 1.82) is 0 Å². The number of benzene rings is 1. The van der Waals surface area contributed by atoms with Crippen LogP contribution in [0.3, 0.4) is 0 Å². The number of methoxy groups -OCH3 is 1. The molecule has 0 spiro atoms. The zero-order valence-corrected chi connectivity index (χ0v) is 12.7. The van der Waals surface area contributed by atoms with Crippen LogP contribution in [0.15, 0.2) is 30.5 Å². The average molecular weight is 311 g/mol. The molecule has 1 fully saturated rings. The van der Waals surface area contributed by atoms with E-state index in [0.717, 1.165) is 30.9 Å². The van der Waals surface area contributed by atoms with Gasteiger partial charge in [0.15, 0.2) is 11.2 Å². The van der Waals surface area contributed by atoms with Crippen molar-refractivity contribution in [3.63, 3.8) is 0 Å². The van der Waals surface area contributed by atoms with Crippen LogP contribution in [-0.2, 0) is 0 Å². The van der Waals surface area contributed by atoms with Gasteiger partial charge in [0.25, 0.3) is 0 Å². The van der Waals surface area contributed by atoms with E-state index in [0.29, 0.717) is 23.2 Å². The van der Waals surface area contributed by atoms with Crippen molar-refractivity contribution in [3.8, 4) is 11.4 Å². The molecule has 8 nitrogen and oxygen atoms in total. The minimum absolute atomic E-state index is 0.359. The SMILES string of the molecule is COc1ccc(-n2nnc3cnc(NC4CCNC4)nc32)cc1. The Hall–Kier alpha value is -2.74. The van der Waals surface area contributed by atoms with Crippen LogP contribution in [-0.4, -0.2) is 51.2 Å². The molecule has 4 rings (SSSR count). The molecule has 1 aromatic carbocycles. The van der Waals surface area contributed by atoms with E-state index in [1.165, 1.54) is 0 Å². The standard InChI is InChI=1S/C15H17N7O/c1-23-12-4-2-11(3-5-12)22-14-13(20-21-22)9-17-15(19-14)18-10-6-7-16-8-10/h2-5,9-10,16H,6-8H2,1H3,(H,17,18,19). The lowest BCUT2D eigenvalue weighted by Crippen LogP contribution is -2.23. The fourth-order valence-electron chi connectivity index (χ4n) is 2.66. The molecule has 3 heterocycles. The maximum absolute atomic E-state index is 5.18. The smallest absolute Gasteiger partial charge is 0.225 e. The zero-order valence-electron chi connectivity index (χ0n) is 12.7. The number of aromatic nitrogens is 5. The van der Waals surface area contributed by atoms with Crippen LogP contribution < -0.4 is 15.4 Å². The first-order chi connectivity index (χ1) is 11.3. The minimum atomic E-state index is 0.359. The Morgan fingerprint density at radius 2 is 2.17 bits per heavy atom. The van der Waals surface area contributed by atoms with Crippen LogP contribution in [0.2, 0.25) is 0 Å². The van der Waals surface area contributed by atoms with Gasteiger partial charge in [-0.3, -0.25) is 0 Å². The number of nitrogens with zero attached hydrogens (tertiary/aromatic N) is 5. The highest BCUT2D eigenvalue weighted by Gasteiger charge is 2.16. The van der Waals surface area contributed by atoms with E-state index < -0.39 is 0 Å². The molecular weight excluding hydrogens is 294 g/mol. The van der Waals surface area contributed by atoms with Gasteiger partial charge in [-0.25, -0.2) is 4.98 Å². The topological polar surface area (TPSA) is 89.8 Å². The highest BCUT2D eigenvalue weighted by Crippen LogP contribution is 2.18. The summed E-state index contributed by atoms with van der Waals surface area (Å²) < 4.78 is 6.88. The van der Waals surface area contributed by atoms with E-state index in [4.69, 9.17) is 4.74 Å². The van der Waals surface area contributed by atoms with E-state index in [9.17, 15) is 0 Å². The van der Waals surface area contributed by atoms with Gasteiger partial charge < -0.3 is 15.4 Å². The molecular formula is C15H17N7O. The Balaban J connectivity index is 1.68. The normalized spacial score (nSPS) is 17.5. The van der Waals surface area contributed by atoms with Crippen molar-refractivity contribution in [3.05, 3.63) is 30.5 Å². The zero-order chi connectivity index (χ0) is 15.6. The van der Waals surface area contributed by atoms with E-state index >= 15 is 0 Å². The Morgan fingerprint density at radius 3 is 2.91 bits per heavy atom. The third-order valence-corrected chi connectivity index (χ3v) is 3.90. The fourth-order valence-corrected chi connectivity index (χ4v) is 2.66. The van der Waals surface area contributed by atoms with Crippen molar-refractivity contribution in [2.45, 2.75) is 12.5 Å². The molecule has 1 aliphatic rings. The highest BCUT2D eigenvalue weighted by molar-refractivity contribution is 5.72. The molecule has 1 saturated heterocycles. The van der Waals surface area contributed by atoms with Gasteiger partial charge in [0, 0.05) is 12.6 Å². The number of rotatable bonds is 4. The van der Waals surface area contributed by atoms with E-state index in [-0.39, 0.29) is 0 Å². The van der Waals surface area contributed by atoms with Gasteiger partial charge in [-0.15, -0.1) is 5.10 Å². The molecule has 2 N–H and O–H groups in total. The van der Waals surface area contributed by atoms with Gasteiger partial charge in [-0.05, 0) is 37.2 Å². The number of anilines is 1. The van der Waals surface area contributed by atoms with Crippen LogP contribution >= 0.6 is 0 Å². The van der Waals surface area contributed by atoms with Crippen LogP contribution in [0.1, 0.15) is 6.42 Å². The maximum atomic E-state index is 5.18. The number of fused-ring (bicyclic) bond motifs is 1. The molecule has 0 amide bonds. The molecule has 2 aromatic heterocycles. The summed E-state index contributed by atoms with van der Waals surface area (Å²) in [6, 6.07) is 7.96. The lowest BCUT2D eigenvalue weighted by molar-refractivity contribution is 0.414. The first-order valence-electron chi connectivity index (χ1n) is 7.53. The Labute approximate surface area is 132 Å². The Kier molecular flexibility index (Phi) is 3.51. The number of hydrogen-bond acceptors (Lipinski definition) is 7. The lowest BCUT2D eigenvalue weighted by Gasteiger charge is -2.10. The molecule has 118 valence electrons. The van der Waals surface area contributed by atoms with Crippen LogP contribution in [0, 0.1) is 0 Å². The summed E-state index contributed by atoms with van der Waals surface area (Å²) in [5.74, 6) is 1.40. The highest BCUT2D eigenvalue weighted by atomic mass is 16.5.